The van der Waals surface area contributed by atoms with E-state index in [1.54, 1.807) is 0 Å². The highest BCUT2D eigenvalue weighted by Crippen LogP contribution is 2.39. The van der Waals surface area contributed by atoms with Crippen molar-refractivity contribution in [2.45, 2.75) is 11.2 Å². The molecule has 0 bridgehead atoms. The van der Waals surface area contributed by atoms with Gasteiger partial charge in [0.1, 0.15) is 17.4 Å². The molecule has 1 fully saturated rings. The van der Waals surface area contributed by atoms with Crippen molar-refractivity contribution in [3.05, 3.63) is 29.3 Å². The molecule has 2 atom stereocenters. The van der Waals surface area contributed by atoms with Crippen molar-refractivity contribution in [2.75, 3.05) is 20.3 Å². The molecule has 0 radical (unpaired) electrons. The van der Waals surface area contributed by atoms with Crippen molar-refractivity contribution in [1.82, 2.24) is 0 Å². The van der Waals surface area contributed by atoms with Crippen LogP contribution in [0, 0.1) is 17.6 Å². The van der Waals surface area contributed by atoms with E-state index in [4.69, 9.17) is 9.47 Å². The van der Waals surface area contributed by atoms with E-state index in [9.17, 15) is 8.78 Å². The smallest absolute Gasteiger partial charge is 0.134 e. The number of hydrogen-bond donors (Lipinski definition) is 0. The zero-order valence-corrected chi connectivity index (χ0v) is 11.0. The van der Waals surface area contributed by atoms with Gasteiger partial charge in [-0.2, -0.15) is 0 Å². The van der Waals surface area contributed by atoms with Crippen LogP contribution in [0.4, 0.5) is 8.78 Å². The van der Waals surface area contributed by atoms with E-state index in [0.29, 0.717) is 13.2 Å². The maximum atomic E-state index is 13.8. The van der Waals surface area contributed by atoms with Gasteiger partial charge in [0.2, 0.25) is 0 Å². The first-order chi connectivity index (χ1) is 8.13. The van der Waals surface area contributed by atoms with E-state index >= 15 is 0 Å². The topological polar surface area (TPSA) is 18.5 Å². The molecular formula is C12H13BrF2O2. The molecule has 2 rings (SSSR count). The third kappa shape index (κ3) is 2.60. The highest BCUT2D eigenvalue weighted by molar-refractivity contribution is 9.09. The number of rotatable bonds is 3. The lowest BCUT2D eigenvalue weighted by atomic mass is 9.97. The highest BCUT2D eigenvalue weighted by atomic mass is 79.9. The Labute approximate surface area is 107 Å². The normalized spacial score (nSPS) is 21.5. The second-order valence-corrected chi connectivity index (χ2v) is 5.02. The summed E-state index contributed by atoms with van der Waals surface area (Å²) >= 11 is 3.36. The SMILES string of the molecule is COc1cc(F)c(C(Br)C2CCOC2)c(F)c1. The van der Waals surface area contributed by atoms with E-state index in [2.05, 4.69) is 15.9 Å². The first kappa shape index (κ1) is 12.8. The average molecular weight is 307 g/mol. The van der Waals surface area contributed by atoms with Gasteiger partial charge in [0.15, 0.2) is 0 Å². The number of hydrogen-bond acceptors (Lipinski definition) is 2. The third-order valence-electron chi connectivity index (χ3n) is 2.94. The van der Waals surface area contributed by atoms with Crippen LogP contribution < -0.4 is 4.74 Å². The predicted octanol–water partition coefficient (Wildman–Crippen LogP) is 3.45. The Morgan fingerprint density at radius 3 is 2.53 bits per heavy atom. The van der Waals surface area contributed by atoms with Crippen LogP contribution in [0.5, 0.6) is 5.75 Å². The van der Waals surface area contributed by atoms with E-state index < -0.39 is 11.6 Å². The monoisotopic (exact) mass is 306 g/mol. The van der Waals surface area contributed by atoms with Gasteiger partial charge < -0.3 is 9.47 Å². The first-order valence-electron chi connectivity index (χ1n) is 5.38. The van der Waals surface area contributed by atoms with Crippen molar-refractivity contribution >= 4 is 15.9 Å². The zero-order chi connectivity index (χ0) is 12.4. The highest BCUT2D eigenvalue weighted by Gasteiger charge is 2.29. The molecule has 1 aromatic rings. The van der Waals surface area contributed by atoms with E-state index in [1.165, 1.54) is 19.2 Å². The Balaban J connectivity index is 2.30. The van der Waals surface area contributed by atoms with E-state index in [1.807, 2.05) is 0 Å². The van der Waals surface area contributed by atoms with E-state index in [0.717, 1.165) is 6.42 Å². The molecule has 94 valence electrons. The summed E-state index contributed by atoms with van der Waals surface area (Å²) in [6, 6.07) is 2.39. The number of ether oxygens (including phenoxy) is 2. The molecule has 5 heteroatoms. The number of alkyl halides is 1. The van der Waals surface area contributed by atoms with Gasteiger partial charge in [-0.3, -0.25) is 0 Å². The molecule has 1 saturated heterocycles. The molecule has 0 amide bonds. The molecule has 0 spiro atoms. The second kappa shape index (κ2) is 5.31. The number of halogens is 3. The van der Waals surface area contributed by atoms with Gasteiger partial charge in [-0.1, -0.05) is 15.9 Å². The maximum Gasteiger partial charge on any atom is 0.134 e. The minimum atomic E-state index is -0.587. The summed E-state index contributed by atoms with van der Waals surface area (Å²) in [7, 11) is 1.38. The van der Waals surface area contributed by atoms with Crippen LogP contribution in [0.25, 0.3) is 0 Å². The molecular weight excluding hydrogens is 294 g/mol. The van der Waals surface area contributed by atoms with Crippen LogP contribution >= 0.6 is 15.9 Å². The fourth-order valence-corrected chi connectivity index (χ4v) is 2.82. The third-order valence-corrected chi connectivity index (χ3v) is 4.15. The van der Waals surface area contributed by atoms with Gasteiger partial charge in [-0.15, -0.1) is 0 Å². The Bertz CT molecular complexity index is 382. The summed E-state index contributed by atoms with van der Waals surface area (Å²) in [6.07, 6.45) is 0.806. The predicted molar refractivity (Wildman–Crippen MR) is 63.5 cm³/mol. The molecule has 17 heavy (non-hydrogen) atoms. The summed E-state index contributed by atoms with van der Waals surface area (Å²) in [5.74, 6) is -0.884. The number of benzene rings is 1. The lowest BCUT2D eigenvalue weighted by Crippen LogP contribution is -2.11. The Morgan fingerprint density at radius 2 is 2.06 bits per heavy atom. The number of methoxy groups -OCH3 is 1. The second-order valence-electron chi connectivity index (χ2n) is 4.03. The van der Waals surface area contributed by atoms with Gasteiger partial charge in [0.25, 0.3) is 0 Å². The lowest BCUT2D eigenvalue weighted by molar-refractivity contribution is 0.185. The zero-order valence-electron chi connectivity index (χ0n) is 9.38. The fourth-order valence-electron chi connectivity index (χ4n) is 1.96. The Morgan fingerprint density at radius 1 is 1.41 bits per heavy atom. The minimum absolute atomic E-state index is 0.0568. The molecule has 0 N–H and O–H groups in total. The molecule has 1 heterocycles. The molecule has 0 aliphatic carbocycles. The maximum absolute atomic E-state index is 13.8. The van der Waals surface area contributed by atoms with Crippen LogP contribution in [0.1, 0.15) is 16.8 Å². The first-order valence-corrected chi connectivity index (χ1v) is 6.29. The van der Waals surface area contributed by atoms with Crippen molar-refractivity contribution in [1.29, 1.82) is 0 Å². The Kier molecular flexibility index (Phi) is 3.99. The molecule has 1 aliphatic heterocycles. The summed E-state index contributed by atoms with van der Waals surface area (Å²) in [4.78, 5) is -0.365. The van der Waals surface area contributed by atoms with Gasteiger partial charge in [-0.05, 0) is 6.42 Å². The van der Waals surface area contributed by atoms with Crippen molar-refractivity contribution in [2.24, 2.45) is 5.92 Å². The largest absolute Gasteiger partial charge is 0.497 e. The van der Waals surface area contributed by atoms with Crippen molar-refractivity contribution in [3.8, 4) is 5.75 Å². The molecule has 2 nitrogen and oxygen atoms in total. The van der Waals surface area contributed by atoms with Crippen LogP contribution in [0.15, 0.2) is 12.1 Å². The van der Waals surface area contributed by atoms with Gasteiger partial charge in [-0.25, -0.2) is 8.78 Å². The fraction of sp³-hybridized carbons (Fsp3) is 0.500. The summed E-state index contributed by atoms with van der Waals surface area (Å²) in [6.45, 7) is 1.17. The van der Waals surface area contributed by atoms with Gasteiger partial charge in [0, 0.05) is 30.2 Å². The molecule has 0 saturated carbocycles. The Hall–Kier alpha value is -0.680. The van der Waals surface area contributed by atoms with Crippen LogP contribution in [0.3, 0.4) is 0 Å². The van der Waals surface area contributed by atoms with E-state index in [-0.39, 0.29) is 22.1 Å². The van der Waals surface area contributed by atoms with Crippen LogP contribution in [-0.4, -0.2) is 20.3 Å². The summed E-state index contributed by atoms with van der Waals surface area (Å²) in [5, 5.41) is 0. The summed E-state index contributed by atoms with van der Waals surface area (Å²) < 4.78 is 37.7. The van der Waals surface area contributed by atoms with Crippen molar-refractivity contribution < 1.29 is 18.3 Å². The van der Waals surface area contributed by atoms with Crippen LogP contribution in [0.2, 0.25) is 0 Å². The molecule has 1 aliphatic rings. The minimum Gasteiger partial charge on any atom is -0.497 e. The molecule has 0 aromatic heterocycles. The van der Waals surface area contributed by atoms with Gasteiger partial charge in [0.05, 0.1) is 18.5 Å². The van der Waals surface area contributed by atoms with Gasteiger partial charge >= 0.3 is 0 Å². The van der Waals surface area contributed by atoms with Crippen LogP contribution in [-0.2, 0) is 4.74 Å². The molecule has 1 aromatic carbocycles. The summed E-state index contributed by atoms with van der Waals surface area (Å²) in [5.41, 5.74) is 0.0568. The molecule has 2 unspecified atom stereocenters. The standard InChI is InChI=1S/C12H13BrF2O2/c1-16-8-4-9(14)11(10(15)5-8)12(13)7-2-3-17-6-7/h4-5,7,12H,2-3,6H2,1H3. The lowest BCUT2D eigenvalue weighted by Gasteiger charge is -2.18. The quantitative estimate of drug-likeness (QED) is 0.796. The average Bonchev–Trinajstić information content (AvgIpc) is 2.81. The van der Waals surface area contributed by atoms with Crippen molar-refractivity contribution in [3.63, 3.8) is 0 Å².